The van der Waals surface area contributed by atoms with Gasteiger partial charge in [0.15, 0.2) is 0 Å². The van der Waals surface area contributed by atoms with E-state index in [4.69, 9.17) is 0 Å². The average molecular weight is 431 g/mol. The third-order valence-electron chi connectivity index (χ3n) is 6.93. The fourth-order valence-corrected chi connectivity index (χ4v) is 8.85. The molecule has 0 unspecified atom stereocenters. The highest BCUT2D eigenvalue weighted by atomic mass is 79.9. The Bertz CT molecular complexity index is 538. The molecule has 4 aliphatic rings. The number of rotatable bonds is 9. The van der Waals surface area contributed by atoms with Gasteiger partial charge in [-0.1, -0.05) is 15.9 Å². The minimum Gasteiger partial charge on any atom is -0.481 e. The molecule has 4 saturated carbocycles. The van der Waals surface area contributed by atoms with Gasteiger partial charge in [-0.05, 0) is 74.0 Å². The number of alkyl halides is 1. The summed E-state index contributed by atoms with van der Waals surface area (Å²) in [5, 5.41) is 27.6. The molecular weight excluding hydrogens is 404 g/mol. The van der Waals surface area contributed by atoms with Crippen LogP contribution in [-0.4, -0.2) is 37.6 Å². The first-order valence-electron chi connectivity index (χ1n) is 9.34. The van der Waals surface area contributed by atoms with Gasteiger partial charge in [0.1, 0.15) is 0 Å². The predicted octanol–water partition coefficient (Wildman–Crippen LogP) is 4.06. The summed E-state index contributed by atoms with van der Waals surface area (Å²) in [7, 11) is 0. The highest BCUT2D eigenvalue weighted by molar-refractivity contribution is 9.10. The van der Waals surface area contributed by atoms with E-state index in [1.807, 2.05) is 0 Å². The summed E-state index contributed by atoms with van der Waals surface area (Å²) in [4.78, 5) is 33.6. The number of carbonyl (C=O) groups is 3. The largest absolute Gasteiger partial charge is 0.481 e. The molecule has 3 N–H and O–H groups in total. The molecule has 0 radical (unpaired) electrons. The predicted molar refractivity (Wildman–Crippen MR) is 97.3 cm³/mol. The van der Waals surface area contributed by atoms with Gasteiger partial charge in [0.05, 0.1) is 0 Å². The Morgan fingerprint density at radius 1 is 0.615 bits per heavy atom. The van der Waals surface area contributed by atoms with Crippen molar-refractivity contribution in [1.29, 1.82) is 0 Å². The van der Waals surface area contributed by atoms with E-state index in [1.54, 1.807) is 0 Å². The Morgan fingerprint density at radius 2 is 0.885 bits per heavy atom. The number of hydrogen-bond donors (Lipinski definition) is 3. The average Bonchev–Trinajstić information content (AvgIpc) is 2.47. The normalized spacial score (nSPS) is 40.5. The summed E-state index contributed by atoms with van der Waals surface area (Å²) >= 11 is 3.94. The van der Waals surface area contributed by atoms with Crippen LogP contribution in [0, 0.1) is 16.2 Å². The van der Waals surface area contributed by atoms with Crippen LogP contribution in [0.2, 0.25) is 0 Å². The van der Waals surface area contributed by atoms with E-state index in [9.17, 15) is 29.7 Å². The second-order valence-corrected chi connectivity index (χ2v) is 11.1. The van der Waals surface area contributed by atoms with E-state index in [1.165, 1.54) is 0 Å². The lowest BCUT2D eigenvalue weighted by atomic mass is 9.37. The van der Waals surface area contributed by atoms with E-state index in [-0.39, 0.29) is 39.8 Å². The fraction of sp³-hybridized carbons (Fsp3) is 0.842. The zero-order valence-electron chi connectivity index (χ0n) is 14.9. The van der Waals surface area contributed by atoms with Gasteiger partial charge in [0.25, 0.3) is 0 Å². The first kappa shape index (κ1) is 19.6. The number of halogens is 1. The maximum Gasteiger partial charge on any atom is 0.303 e. The van der Waals surface area contributed by atoms with Crippen LogP contribution in [0.5, 0.6) is 0 Å². The molecule has 7 heteroatoms. The molecule has 0 aromatic rings. The van der Waals surface area contributed by atoms with E-state index in [0.717, 1.165) is 38.5 Å². The first-order valence-corrected chi connectivity index (χ1v) is 10.1. The molecule has 0 spiro atoms. The van der Waals surface area contributed by atoms with Gasteiger partial charge in [-0.3, -0.25) is 14.4 Å². The highest BCUT2D eigenvalue weighted by Crippen LogP contribution is 2.75. The van der Waals surface area contributed by atoms with Crippen molar-refractivity contribution in [2.24, 2.45) is 16.2 Å². The summed E-state index contributed by atoms with van der Waals surface area (Å²) in [6.07, 6.45) is 7.52. The molecule has 0 saturated heterocycles. The van der Waals surface area contributed by atoms with Gasteiger partial charge >= 0.3 is 17.9 Å². The molecule has 0 aromatic heterocycles. The summed E-state index contributed by atoms with van der Waals surface area (Å²) in [6, 6.07) is 0. The second kappa shape index (κ2) is 6.50. The Balaban J connectivity index is 1.91. The topological polar surface area (TPSA) is 112 Å². The van der Waals surface area contributed by atoms with Crippen LogP contribution >= 0.6 is 15.9 Å². The lowest BCUT2D eigenvalue weighted by Gasteiger charge is -2.70. The van der Waals surface area contributed by atoms with Crippen molar-refractivity contribution in [3.8, 4) is 0 Å². The van der Waals surface area contributed by atoms with Crippen molar-refractivity contribution in [2.75, 3.05) is 0 Å². The number of carboxylic acid groups (broad SMARTS) is 3. The van der Waals surface area contributed by atoms with Gasteiger partial charge < -0.3 is 15.3 Å². The standard InChI is InChI=1S/C19H27BrO6/c20-19-10-16(4-1-13(21)22)7-17(11-19,5-2-14(23)24)9-18(8-16,12-19)6-3-15(25)26/h1-12H2,(H,21,22)(H,23,24)(H,25,26). The van der Waals surface area contributed by atoms with Crippen molar-refractivity contribution in [1.82, 2.24) is 0 Å². The van der Waals surface area contributed by atoms with Crippen LogP contribution in [0.15, 0.2) is 0 Å². The van der Waals surface area contributed by atoms with Crippen molar-refractivity contribution in [2.45, 2.75) is 81.4 Å². The fourth-order valence-electron chi connectivity index (χ4n) is 7.06. The third-order valence-corrected chi connectivity index (χ3v) is 7.77. The minimum atomic E-state index is -0.802. The molecule has 4 aliphatic carbocycles. The lowest BCUT2D eigenvalue weighted by molar-refractivity contribution is -0.165. The summed E-state index contributed by atoms with van der Waals surface area (Å²) in [6.45, 7) is 0. The van der Waals surface area contributed by atoms with Crippen LogP contribution in [-0.2, 0) is 14.4 Å². The van der Waals surface area contributed by atoms with Crippen molar-refractivity contribution in [3.05, 3.63) is 0 Å². The monoisotopic (exact) mass is 430 g/mol. The Morgan fingerprint density at radius 3 is 1.12 bits per heavy atom. The SMILES string of the molecule is O=C(O)CCC12CC3(Br)CC(CCC(=O)O)(C1)CC(CCC(=O)O)(C3)C2. The molecule has 146 valence electrons. The summed E-state index contributed by atoms with van der Waals surface area (Å²) in [5.74, 6) is -2.41. The lowest BCUT2D eigenvalue weighted by Crippen LogP contribution is -2.62. The maximum absolute atomic E-state index is 11.2. The van der Waals surface area contributed by atoms with Crippen LogP contribution in [0.3, 0.4) is 0 Å². The molecule has 4 bridgehead atoms. The van der Waals surface area contributed by atoms with Crippen LogP contribution < -0.4 is 0 Å². The van der Waals surface area contributed by atoms with Crippen LogP contribution in [0.1, 0.15) is 77.0 Å². The number of aliphatic carboxylic acids is 3. The molecule has 26 heavy (non-hydrogen) atoms. The third kappa shape index (κ3) is 3.92. The smallest absolute Gasteiger partial charge is 0.303 e. The summed E-state index contributed by atoms with van der Waals surface area (Å²) in [5.41, 5.74) is -0.352. The first-order chi connectivity index (χ1) is 12.0. The molecule has 4 fully saturated rings. The number of hydrogen-bond acceptors (Lipinski definition) is 3. The van der Waals surface area contributed by atoms with E-state index in [0.29, 0.717) is 19.3 Å². The zero-order chi connectivity index (χ0) is 19.2. The van der Waals surface area contributed by atoms with Crippen LogP contribution in [0.4, 0.5) is 0 Å². The Kier molecular flexibility index (Phi) is 4.91. The zero-order valence-corrected chi connectivity index (χ0v) is 16.5. The molecular formula is C19H27BrO6. The highest BCUT2D eigenvalue weighted by Gasteiger charge is 2.66. The van der Waals surface area contributed by atoms with Crippen LogP contribution in [0.25, 0.3) is 0 Å². The van der Waals surface area contributed by atoms with Gasteiger partial charge in [-0.2, -0.15) is 0 Å². The molecule has 0 aromatic carbocycles. The van der Waals surface area contributed by atoms with Gasteiger partial charge in [-0.25, -0.2) is 0 Å². The molecule has 0 aliphatic heterocycles. The second-order valence-electron chi connectivity index (χ2n) is 9.39. The molecule has 0 heterocycles. The van der Waals surface area contributed by atoms with E-state index < -0.39 is 17.9 Å². The van der Waals surface area contributed by atoms with Crippen molar-refractivity contribution < 1.29 is 29.7 Å². The molecule has 0 amide bonds. The van der Waals surface area contributed by atoms with Gasteiger partial charge in [-0.15, -0.1) is 0 Å². The quantitative estimate of drug-likeness (QED) is 0.475. The van der Waals surface area contributed by atoms with Gasteiger partial charge in [0, 0.05) is 23.6 Å². The van der Waals surface area contributed by atoms with Gasteiger partial charge in [0.2, 0.25) is 0 Å². The van der Waals surface area contributed by atoms with Crippen molar-refractivity contribution in [3.63, 3.8) is 0 Å². The number of carboxylic acids is 3. The summed E-state index contributed by atoms with van der Waals surface area (Å²) < 4.78 is -0.114. The van der Waals surface area contributed by atoms with E-state index in [2.05, 4.69) is 15.9 Å². The maximum atomic E-state index is 11.2. The van der Waals surface area contributed by atoms with E-state index >= 15 is 0 Å². The molecule has 0 atom stereocenters. The minimum absolute atomic E-state index is 0.114. The molecule has 6 nitrogen and oxygen atoms in total. The molecule has 4 rings (SSSR count). The van der Waals surface area contributed by atoms with Crippen molar-refractivity contribution >= 4 is 33.8 Å². The Hall–Kier alpha value is -1.11. The Labute approximate surface area is 161 Å².